The molecule has 2 rings (SSSR count). The van der Waals surface area contributed by atoms with Gasteiger partial charge in [0, 0.05) is 24.0 Å². The number of aromatic nitrogens is 1. The van der Waals surface area contributed by atoms with Gasteiger partial charge < -0.3 is 10.4 Å². The molecular formula is C12H16N2OS. The van der Waals surface area contributed by atoms with E-state index < -0.39 is 0 Å². The Morgan fingerprint density at radius 3 is 2.88 bits per heavy atom. The highest BCUT2D eigenvalue weighted by atomic mass is 32.1. The van der Waals surface area contributed by atoms with Crippen molar-refractivity contribution in [3.63, 3.8) is 0 Å². The SMILES string of the molecule is CC(C)(CO)CNc1snc2ccccc12. The largest absolute Gasteiger partial charge is 0.396 e. The second kappa shape index (κ2) is 4.39. The molecule has 0 radical (unpaired) electrons. The van der Waals surface area contributed by atoms with Crippen LogP contribution in [0.2, 0.25) is 0 Å². The molecule has 86 valence electrons. The standard InChI is InChI=1S/C12H16N2OS/c1-12(2,8-15)7-13-11-9-5-3-4-6-10(9)14-16-11/h3-6,13,15H,7-8H2,1-2H3. The van der Waals surface area contributed by atoms with Crippen LogP contribution in [0.5, 0.6) is 0 Å². The van der Waals surface area contributed by atoms with Crippen molar-refractivity contribution in [2.45, 2.75) is 13.8 Å². The first-order valence-electron chi connectivity index (χ1n) is 5.31. The van der Waals surface area contributed by atoms with Crippen molar-refractivity contribution in [2.24, 2.45) is 5.41 Å². The number of hydrogen-bond acceptors (Lipinski definition) is 4. The number of nitrogens with zero attached hydrogens (tertiary/aromatic N) is 1. The first-order chi connectivity index (χ1) is 7.62. The summed E-state index contributed by atoms with van der Waals surface area (Å²) in [7, 11) is 0. The molecule has 16 heavy (non-hydrogen) atoms. The van der Waals surface area contributed by atoms with E-state index in [0.29, 0.717) is 0 Å². The van der Waals surface area contributed by atoms with E-state index in [0.717, 1.165) is 22.4 Å². The molecule has 2 aromatic rings. The third-order valence-corrected chi connectivity index (χ3v) is 3.37. The summed E-state index contributed by atoms with van der Waals surface area (Å²) in [5, 5.41) is 14.8. The Bertz CT molecular complexity index is 479. The van der Waals surface area contributed by atoms with Crippen LogP contribution in [0.4, 0.5) is 5.00 Å². The maximum Gasteiger partial charge on any atom is 0.117 e. The van der Waals surface area contributed by atoms with E-state index in [1.807, 2.05) is 32.0 Å². The molecule has 0 aliphatic heterocycles. The molecule has 0 amide bonds. The van der Waals surface area contributed by atoms with E-state index in [4.69, 9.17) is 0 Å². The van der Waals surface area contributed by atoms with Crippen LogP contribution in [-0.4, -0.2) is 22.6 Å². The molecule has 1 aromatic carbocycles. The predicted octanol–water partition coefficient (Wildman–Crippen LogP) is 2.73. The van der Waals surface area contributed by atoms with Gasteiger partial charge in [-0.15, -0.1) is 0 Å². The molecule has 0 bridgehead atoms. The second-order valence-electron chi connectivity index (χ2n) is 4.70. The van der Waals surface area contributed by atoms with Gasteiger partial charge in [0.05, 0.1) is 5.52 Å². The Kier molecular flexibility index (Phi) is 3.12. The average molecular weight is 236 g/mol. The highest BCUT2D eigenvalue weighted by Gasteiger charge is 2.17. The first-order valence-corrected chi connectivity index (χ1v) is 6.09. The van der Waals surface area contributed by atoms with Crippen LogP contribution in [0.25, 0.3) is 10.9 Å². The molecule has 0 unspecified atom stereocenters. The van der Waals surface area contributed by atoms with Crippen LogP contribution in [0.1, 0.15) is 13.8 Å². The van der Waals surface area contributed by atoms with E-state index in [-0.39, 0.29) is 12.0 Å². The van der Waals surface area contributed by atoms with Gasteiger partial charge in [-0.1, -0.05) is 26.0 Å². The molecule has 1 aromatic heterocycles. The van der Waals surface area contributed by atoms with Gasteiger partial charge in [-0.25, -0.2) is 0 Å². The Morgan fingerprint density at radius 1 is 1.38 bits per heavy atom. The molecule has 2 N–H and O–H groups in total. The third kappa shape index (κ3) is 2.33. The van der Waals surface area contributed by atoms with E-state index in [1.165, 1.54) is 11.5 Å². The van der Waals surface area contributed by atoms with Crippen molar-refractivity contribution in [1.82, 2.24) is 4.37 Å². The molecule has 1 heterocycles. The first kappa shape index (κ1) is 11.4. The van der Waals surface area contributed by atoms with Crippen molar-refractivity contribution in [1.29, 1.82) is 0 Å². The van der Waals surface area contributed by atoms with Crippen LogP contribution in [0.3, 0.4) is 0 Å². The lowest BCUT2D eigenvalue weighted by Crippen LogP contribution is -2.26. The number of fused-ring (bicyclic) bond motifs is 1. The monoisotopic (exact) mass is 236 g/mol. The molecule has 0 atom stereocenters. The summed E-state index contributed by atoms with van der Waals surface area (Å²) in [4.78, 5) is 0. The Morgan fingerprint density at radius 2 is 2.12 bits per heavy atom. The minimum absolute atomic E-state index is 0.106. The summed E-state index contributed by atoms with van der Waals surface area (Å²) in [5.74, 6) is 0. The van der Waals surface area contributed by atoms with Gasteiger partial charge in [0.2, 0.25) is 0 Å². The van der Waals surface area contributed by atoms with Gasteiger partial charge in [0.1, 0.15) is 5.00 Å². The van der Waals surface area contributed by atoms with Crippen LogP contribution in [0.15, 0.2) is 24.3 Å². The van der Waals surface area contributed by atoms with Crippen molar-refractivity contribution in [3.05, 3.63) is 24.3 Å². The highest BCUT2D eigenvalue weighted by molar-refractivity contribution is 7.11. The number of aliphatic hydroxyl groups excluding tert-OH is 1. The zero-order valence-electron chi connectivity index (χ0n) is 9.53. The van der Waals surface area contributed by atoms with Gasteiger partial charge in [-0.05, 0) is 23.7 Å². The van der Waals surface area contributed by atoms with Crippen LogP contribution >= 0.6 is 11.5 Å². The molecule has 0 aliphatic carbocycles. The highest BCUT2D eigenvalue weighted by Crippen LogP contribution is 2.28. The number of anilines is 1. The fraction of sp³-hybridized carbons (Fsp3) is 0.417. The Balaban J connectivity index is 2.16. The van der Waals surface area contributed by atoms with E-state index in [9.17, 15) is 5.11 Å². The lowest BCUT2D eigenvalue weighted by Gasteiger charge is -2.21. The molecule has 0 fully saturated rings. The zero-order chi connectivity index (χ0) is 11.6. The lowest BCUT2D eigenvalue weighted by molar-refractivity contribution is 0.171. The number of hydrogen-bond donors (Lipinski definition) is 2. The second-order valence-corrected chi connectivity index (χ2v) is 5.48. The average Bonchev–Trinajstić information content (AvgIpc) is 2.70. The van der Waals surface area contributed by atoms with Crippen molar-refractivity contribution in [2.75, 3.05) is 18.5 Å². The fourth-order valence-corrected chi connectivity index (χ4v) is 2.15. The maximum atomic E-state index is 9.18. The molecule has 4 heteroatoms. The molecule has 0 spiro atoms. The fourth-order valence-electron chi connectivity index (χ4n) is 1.39. The van der Waals surface area contributed by atoms with Crippen molar-refractivity contribution >= 4 is 27.4 Å². The molecular weight excluding hydrogens is 220 g/mol. The summed E-state index contributed by atoms with van der Waals surface area (Å²) in [6.45, 7) is 4.98. The summed E-state index contributed by atoms with van der Waals surface area (Å²) < 4.78 is 4.36. The quantitative estimate of drug-likeness (QED) is 0.858. The van der Waals surface area contributed by atoms with Gasteiger partial charge in [-0.2, -0.15) is 4.37 Å². The number of nitrogens with one attached hydrogen (secondary N) is 1. The molecule has 0 saturated carbocycles. The van der Waals surface area contributed by atoms with Gasteiger partial charge in [-0.3, -0.25) is 0 Å². The summed E-state index contributed by atoms with van der Waals surface area (Å²) in [6.07, 6.45) is 0. The Hall–Kier alpha value is -1.13. The summed E-state index contributed by atoms with van der Waals surface area (Å²) >= 11 is 1.47. The predicted molar refractivity (Wildman–Crippen MR) is 69.0 cm³/mol. The van der Waals surface area contributed by atoms with Gasteiger partial charge >= 0.3 is 0 Å². The number of aliphatic hydroxyl groups is 1. The molecule has 3 nitrogen and oxygen atoms in total. The van der Waals surface area contributed by atoms with E-state index in [1.54, 1.807) is 0 Å². The maximum absolute atomic E-state index is 9.18. The third-order valence-electron chi connectivity index (χ3n) is 2.54. The molecule has 0 saturated heterocycles. The zero-order valence-corrected chi connectivity index (χ0v) is 10.3. The van der Waals surface area contributed by atoms with Crippen molar-refractivity contribution < 1.29 is 5.11 Å². The lowest BCUT2D eigenvalue weighted by atomic mass is 9.95. The van der Waals surface area contributed by atoms with Crippen LogP contribution in [-0.2, 0) is 0 Å². The van der Waals surface area contributed by atoms with Gasteiger partial charge in [0.25, 0.3) is 0 Å². The molecule has 0 aliphatic rings. The van der Waals surface area contributed by atoms with Crippen LogP contribution in [0, 0.1) is 5.41 Å². The number of rotatable bonds is 4. The van der Waals surface area contributed by atoms with Crippen molar-refractivity contribution in [3.8, 4) is 0 Å². The Labute approximate surface area is 99.3 Å². The van der Waals surface area contributed by atoms with Crippen LogP contribution < -0.4 is 5.32 Å². The van der Waals surface area contributed by atoms with E-state index >= 15 is 0 Å². The summed E-state index contributed by atoms with van der Waals surface area (Å²) in [6, 6.07) is 8.07. The number of benzene rings is 1. The van der Waals surface area contributed by atoms with Gasteiger partial charge in [0.15, 0.2) is 0 Å². The smallest absolute Gasteiger partial charge is 0.117 e. The minimum atomic E-state index is -0.106. The minimum Gasteiger partial charge on any atom is -0.396 e. The topological polar surface area (TPSA) is 45.1 Å². The summed E-state index contributed by atoms with van der Waals surface area (Å²) in [5.41, 5.74) is 0.919. The normalized spacial score (nSPS) is 11.9. The van der Waals surface area contributed by atoms with E-state index in [2.05, 4.69) is 15.8 Å².